The second-order valence-corrected chi connectivity index (χ2v) is 7.39. The highest BCUT2D eigenvalue weighted by Gasteiger charge is 2.44. The third-order valence-electron chi connectivity index (χ3n) is 5.03. The van der Waals surface area contributed by atoms with E-state index in [1.807, 2.05) is 18.1 Å². The fourth-order valence-corrected chi connectivity index (χ4v) is 3.66. The molecule has 0 saturated heterocycles. The van der Waals surface area contributed by atoms with Gasteiger partial charge in [0, 0.05) is 32.0 Å². The van der Waals surface area contributed by atoms with E-state index in [9.17, 15) is 4.79 Å². The van der Waals surface area contributed by atoms with Gasteiger partial charge in [0.2, 0.25) is 0 Å². The van der Waals surface area contributed by atoms with Crippen LogP contribution in [0.2, 0.25) is 5.02 Å². The fraction of sp³-hybridized carbons (Fsp3) is 0.588. The molecule has 0 atom stereocenters. The Morgan fingerprint density at radius 2 is 2.08 bits per heavy atom. The van der Waals surface area contributed by atoms with Gasteiger partial charge in [0.15, 0.2) is 5.65 Å². The van der Waals surface area contributed by atoms with Gasteiger partial charge in [0.1, 0.15) is 5.02 Å². The Bertz CT molecular complexity index is 741. The lowest BCUT2D eigenvalue weighted by Gasteiger charge is -2.28. The molecule has 24 heavy (non-hydrogen) atoms. The zero-order chi connectivity index (χ0) is 16.7. The molecule has 2 aromatic heterocycles. The third-order valence-corrected chi connectivity index (χ3v) is 5.30. The van der Waals surface area contributed by atoms with Crippen LogP contribution in [-0.2, 0) is 6.42 Å². The number of fused-ring (bicyclic) bond motifs is 1. The summed E-state index contributed by atoms with van der Waals surface area (Å²) in [6, 6.07) is 0.476. The van der Waals surface area contributed by atoms with Gasteiger partial charge in [0.05, 0.1) is 6.20 Å². The van der Waals surface area contributed by atoms with Crippen LogP contribution in [0, 0.1) is 11.8 Å². The number of hydrogen-bond acceptors (Lipinski definition) is 3. The van der Waals surface area contributed by atoms with Crippen molar-refractivity contribution in [2.45, 2.75) is 38.1 Å². The number of carbonyl (C=O) groups is 1. The molecule has 0 aliphatic heterocycles. The largest absolute Gasteiger partial charge is 0.338 e. The first-order chi connectivity index (χ1) is 11.6. The lowest BCUT2D eigenvalue weighted by atomic mass is 10.1. The van der Waals surface area contributed by atoms with Gasteiger partial charge in [0.25, 0.3) is 0 Å². The van der Waals surface area contributed by atoms with Gasteiger partial charge in [-0.05, 0) is 49.5 Å². The van der Waals surface area contributed by atoms with Gasteiger partial charge in [-0.15, -0.1) is 0 Å². The molecule has 4 rings (SSSR count). The Balaban J connectivity index is 1.31. The van der Waals surface area contributed by atoms with Gasteiger partial charge in [-0.1, -0.05) is 11.6 Å². The van der Waals surface area contributed by atoms with Crippen molar-refractivity contribution in [2.24, 2.45) is 11.8 Å². The predicted molar refractivity (Wildman–Crippen MR) is 92.1 cm³/mol. The zero-order valence-corrected chi connectivity index (χ0v) is 14.5. The monoisotopic (exact) mass is 347 g/mol. The summed E-state index contributed by atoms with van der Waals surface area (Å²) in [4.78, 5) is 18.7. The lowest BCUT2D eigenvalue weighted by molar-refractivity contribution is 0.174. The number of carbonyl (C=O) groups excluding carboxylic acids is 1. The molecule has 0 spiro atoms. The maximum Gasteiger partial charge on any atom is 0.317 e. The van der Waals surface area contributed by atoms with Crippen molar-refractivity contribution in [3.8, 4) is 0 Å². The van der Waals surface area contributed by atoms with E-state index in [1.54, 1.807) is 16.9 Å². The molecule has 128 valence electrons. The van der Waals surface area contributed by atoms with Crippen molar-refractivity contribution in [1.82, 2.24) is 24.8 Å². The molecular weight excluding hydrogens is 326 g/mol. The van der Waals surface area contributed by atoms with E-state index in [0.29, 0.717) is 23.3 Å². The summed E-state index contributed by atoms with van der Waals surface area (Å²) in [7, 11) is 1.94. The molecule has 7 heteroatoms. The van der Waals surface area contributed by atoms with Gasteiger partial charge in [-0.2, -0.15) is 5.10 Å². The number of hydrogen-bond donors (Lipinski definition) is 1. The summed E-state index contributed by atoms with van der Waals surface area (Å²) >= 11 is 5.99. The number of urea groups is 1. The van der Waals surface area contributed by atoms with Crippen LogP contribution in [0.1, 0.15) is 31.2 Å². The number of amides is 2. The molecule has 0 unspecified atom stereocenters. The maximum absolute atomic E-state index is 12.4. The summed E-state index contributed by atoms with van der Waals surface area (Å²) in [6.07, 6.45) is 11.1. The predicted octanol–water partition coefficient (Wildman–Crippen LogP) is 2.76. The van der Waals surface area contributed by atoms with E-state index in [-0.39, 0.29) is 6.03 Å². The Morgan fingerprint density at radius 3 is 2.75 bits per heavy atom. The van der Waals surface area contributed by atoms with Crippen LogP contribution in [0.3, 0.4) is 0 Å². The highest BCUT2D eigenvalue weighted by molar-refractivity contribution is 6.33. The van der Waals surface area contributed by atoms with Crippen molar-refractivity contribution in [3.05, 3.63) is 29.2 Å². The molecule has 2 aliphatic rings. The van der Waals surface area contributed by atoms with Gasteiger partial charge < -0.3 is 10.2 Å². The summed E-state index contributed by atoms with van der Waals surface area (Å²) in [6.45, 7) is 0.591. The SMILES string of the molecule is CN(C(=O)NCCc1cnc2c(Cl)cnn2c1)C(C1CC1)C1CC1. The maximum atomic E-state index is 12.4. The molecule has 0 radical (unpaired) electrons. The Kier molecular flexibility index (Phi) is 4.08. The zero-order valence-electron chi connectivity index (χ0n) is 13.8. The molecule has 6 nitrogen and oxygen atoms in total. The highest BCUT2D eigenvalue weighted by Crippen LogP contribution is 2.46. The molecule has 0 bridgehead atoms. The number of nitrogens with one attached hydrogen (secondary N) is 1. The first kappa shape index (κ1) is 15.7. The van der Waals surface area contributed by atoms with E-state index >= 15 is 0 Å². The Morgan fingerprint density at radius 1 is 1.38 bits per heavy atom. The van der Waals surface area contributed by atoms with Gasteiger partial charge in [-0.25, -0.2) is 14.3 Å². The third kappa shape index (κ3) is 3.20. The van der Waals surface area contributed by atoms with E-state index < -0.39 is 0 Å². The van der Waals surface area contributed by atoms with Gasteiger partial charge >= 0.3 is 6.03 Å². The number of rotatable bonds is 6. The van der Waals surface area contributed by atoms with Crippen LogP contribution in [-0.4, -0.2) is 45.2 Å². The van der Waals surface area contributed by atoms with E-state index in [2.05, 4.69) is 15.4 Å². The van der Waals surface area contributed by atoms with Crippen LogP contribution in [0.4, 0.5) is 4.79 Å². The molecule has 2 aliphatic carbocycles. The van der Waals surface area contributed by atoms with Crippen LogP contribution >= 0.6 is 11.6 Å². The Hall–Kier alpha value is -1.82. The van der Waals surface area contributed by atoms with Crippen LogP contribution in [0.15, 0.2) is 18.6 Å². The topological polar surface area (TPSA) is 62.5 Å². The summed E-state index contributed by atoms with van der Waals surface area (Å²) in [5.41, 5.74) is 1.67. The van der Waals surface area contributed by atoms with Crippen molar-refractivity contribution in [1.29, 1.82) is 0 Å². The van der Waals surface area contributed by atoms with E-state index in [1.165, 1.54) is 25.7 Å². The molecule has 2 amide bonds. The van der Waals surface area contributed by atoms with Crippen molar-refractivity contribution < 1.29 is 4.79 Å². The van der Waals surface area contributed by atoms with Crippen molar-refractivity contribution in [2.75, 3.05) is 13.6 Å². The normalized spacial score (nSPS) is 17.5. The highest BCUT2D eigenvalue weighted by atomic mass is 35.5. The molecule has 2 saturated carbocycles. The molecule has 2 fully saturated rings. The van der Waals surface area contributed by atoms with E-state index in [0.717, 1.165) is 23.8 Å². The number of halogens is 1. The molecule has 0 aromatic carbocycles. The number of nitrogens with zero attached hydrogens (tertiary/aromatic N) is 4. The second-order valence-electron chi connectivity index (χ2n) is 6.98. The fourth-order valence-electron chi connectivity index (χ4n) is 3.48. The number of aromatic nitrogens is 3. The summed E-state index contributed by atoms with van der Waals surface area (Å²) in [5, 5.41) is 7.73. The first-order valence-corrected chi connectivity index (χ1v) is 8.99. The van der Waals surface area contributed by atoms with Crippen LogP contribution in [0.5, 0.6) is 0 Å². The summed E-state index contributed by atoms with van der Waals surface area (Å²) in [5.74, 6) is 1.45. The van der Waals surface area contributed by atoms with Crippen LogP contribution in [0.25, 0.3) is 5.65 Å². The summed E-state index contributed by atoms with van der Waals surface area (Å²) < 4.78 is 1.67. The first-order valence-electron chi connectivity index (χ1n) is 8.62. The average molecular weight is 348 g/mol. The van der Waals surface area contributed by atoms with Crippen molar-refractivity contribution >= 4 is 23.3 Å². The minimum Gasteiger partial charge on any atom is -0.338 e. The minimum atomic E-state index is 0.0370. The molecule has 2 aromatic rings. The van der Waals surface area contributed by atoms with E-state index in [4.69, 9.17) is 11.6 Å². The Labute approximate surface area is 146 Å². The molecule has 1 N–H and O–H groups in total. The average Bonchev–Trinajstić information content (AvgIpc) is 3.49. The minimum absolute atomic E-state index is 0.0370. The lowest BCUT2D eigenvalue weighted by Crippen LogP contribution is -2.46. The molecular formula is C17H22ClN5O. The quantitative estimate of drug-likeness (QED) is 0.874. The van der Waals surface area contributed by atoms with Crippen molar-refractivity contribution in [3.63, 3.8) is 0 Å². The smallest absolute Gasteiger partial charge is 0.317 e. The molecule has 2 heterocycles. The standard InChI is InChI=1S/C17H22ClN5O/c1-22(15(12-2-3-12)13-4-5-13)17(24)19-7-6-11-8-20-16-14(18)9-21-23(16)10-11/h8-10,12-13,15H,2-7H2,1H3,(H,19,24). The van der Waals surface area contributed by atoms with Gasteiger partial charge in [-0.3, -0.25) is 0 Å². The second kappa shape index (κ2) is 6.24. The van der Waals surface area contributed by atoms with Crippen LogP contribution < -0.4 is 5.32 Å².